The first kappa shape index (κ1) is 22.6. The highest BCUT2D eigenvalue weighted by atomic mass is 16.6. The van der Waals surface area contributed by atoms with E-state index in [1.807, 2.05) is 24.3 Å². The summed E-state index contributed by atoms with van der Waals surface area (Å²) in [6, 6.07) is 9.92. The van der Waals surface area contributed by atoms with Gasteiger partial charge in [0.15, 0.2) is 0 Å². The molecule has 0 radical (unpaired) electrons. The number of hydrogen-bond donors (Lipinski definition) is 2. The number of fused-ring (bicyclic) bond motifs is 1. The van der Waals surface area contributed by atoms with Gasteiger partial charge in [0.05, 0.1) is 18.2 Å². The molecule has 2 saturated heterocycles. The Labute approximate surface area is 202 Å². The van der Waals surface area contributed by atoms with Crippen molar-refractivity contribution in [3.63, 3.8) is 0 Å². The van der Waals surface area contributed by atoms with E-state index in [4.69, 9.17) is 4.74 Å². The molecule has 2 aromatic heterocycles. The number of piperidine rings is 1. The highest BCUT2D eigenvalue weighted by Gasteiger charge is 2.49. The maximum absolute atomic E-state index is 13.4. The first-order chi connectivity index (χ1) is 17.0. The van der Waals surface area contributed by atoms with Gasteiger partial charge in [-0.2, -0.15) is 0 Å². The molecule has 1 aromatic carbocycles. The van der Waals surface area contributed by atoms with Gasteiger partial charge in [-0.3, -0.25) is 14.6 Å². The van der Waals surface area contributed by atoms with Crippen molar-refractivity contribution in [3.8, 4) is 0 Å². The molecule has 0 aliphatic carbocycles. The number of likely N-dealkylation sites (tertiary alicyclic amines) is 2. The average Bonchev–Trinajstić information content (AvgIpc) is 3.43. The zero-order valence-electron chi connectivity index (χ0n) is 19.3. The summed E-state index contributed by atoms with van der Waals surface area (Å²) in [5.41, 5.74) is 1.96. The number of pyridine rings is 1. The summed E-state index contributed by atoms with van der Waals surface area (Å²) < 4.78 is 5.10. The van der Waals surface area contributed by atoms with Crippen LogP contribution in [-0.2, 0) is 14.3 Å². The van der Waals surface area contributed by atoms with Crippen molar-refractivity contribution in [2.24, 2.45) is 0 Å². The van der Waals surface area contributed by atoms with Gasteiger partial charge >= 0.3 is 6.09 Å². The number of nitrogens with one attached hydrogen (secondary N) is 1. The van der Waals surface area contributed by atoms with E-state index in [1.54, 1.807) is 47.4 Å². The molecule has 1 atom stereocenters. The van der Waals surface area contributed by atoms with Gasteiger partial charge in [0, 0.05) is 54.2 Å². The van der Waals surface area contributed by atoms with Gasteiger partial charge in [-0.25, -0.2) is 4.79 Å². The molecule has 5 rings (SSSR count). The normalized spacial score (nSPS) is 20.5. The zero-order chi connectivity index (χ0) is 24.5. The first-order valence-electron chi connectivity index (χ1n) is 11.7. The molecule has 4 heterocycles. The number of rotatable bonds is 4. The predicted octanol–water partition coefficient (Wildman–Crippen LogP) is 3.61. The van der Waals surface area contributed by atoms with Crippen molar-refractivity contribution in [2.45, 2.75) is 31.8 Å². The third-order valence-corrected chi connectivity index (χ3v) is 6.71. The summed E-state index contributed by atoms with van der Waals surface area (Å²) in [6.07, 6.45) is 5.49. The lowest BCUT2D eigenvalue weighted by Crippen LogP contribution is -2.48. The number of aliphatic hydroxyl groups is 1. The third-order valence-electron chi connectivity index (χ3n) is 6.71. The van der Waals surface area contributed by atoms with Gasteiger partial charge in [0.2, 0.25) is 0 Å². The number of amides is 2. The van der Waals surface area contributed by atoms with Crippen LogP contribution in [-0.4, -0.2) is 68.4 Å². The van der Waals surface area contributed by atoms with Crippen LogP contribution in [0.2, 0.25) is 0 Å². The van der Waals surface area contributed by atoms with Gasteiger partial charge < -0.3 is 24.6 Å². The Morgan fingerprint density at radius 2 is 1.94 bits per heavy atom. The smallest absolute Gasteiger partial charge is 0.409 e. The SMILES string of the molecule is CCOC(=O)N1CCC(N2C(=O)C(=O)/C(=C(\O)c3c[nH]c4ccccc34)C2c2cccnc2)CC1. The Hall–Kier alpha value is -4.14. The van der Waals surface area contributed by atoms with Crippen molar-refractivity contribution < 1.29 is 24.2 Å². The standard InChI is InChI=1S/C26H26N4O5/c1-2-35-26(34)29-12-9-17(10-13-29)30-22(16-6-5-11-27-14-16)21(24(32)25(30)33)23(31)19-15-28-20-8-4-3-7-18(19)20/h3-8,11,14-15,17,22,28,31H,2,9-10,12-13H2,1H3/b23-21-. The van der Waals surface area contributed by atoms with Gasteiger partial charge in [0.25, 0.3) is 11.7 Å². The molecule has 3 aromatic rings. The van der Waals surface area contributed by atoms with Crippen LogP contribution in [0.3, 0.4) is 0 Å². The lowest BCUT2D eigenvalue weighted by Gasteiger charge is -2.38. The average molecular weight is 475 g/mol. The third kappa shape index (κ3) is 3.92. The Balaban J connectivity index is 1.55. The number of benzene rings is 1. The number of aromatic amines is 1. The number of Topliss-reactive ketones (excluding diaryl/α,β-unsaturated/α-hetero) is 1. The molecular weight excluding hydrogens is 448 g/mol. The van der Waals surface area contributed by atoms with Crippen LogP contribution in [0.1, 0.15) is 36.9 Å². The molecule has 2 N–H and O–H groups in total. The molecule has 0 saturated carbocycles. The molecule has 0 spiro atoms. The van der Waals surface area contributed by atoms with Crippen LogP contribution >= 0.6 is 0 Å². The van der Waals surface area contributed by atoms with Crippen LogP contribution in [0.5, 0.6) is 0 Å². The second-order valence-electron chi connectivity index (χ2n) is 8.66. The lowest BCUT2D eigenvalue weighted by atomic mass is 9.94. The monoisotopic (exact) mass is 474 g/mol. The lowest BCUT2D eigenvalue weighted by molar-refractivity contribution is -0.142. The van der Waals surface area contributed by atoms with Crippen molar-refractivity contribution in [2.75, 3.05) is 19.7 Å². The molecule has 2 fully saturated rings. The summed E-state index contributed by atoms with van der Waals surface area (Å²) in [6.45, 7) is 2.87. The largest absolute Gasteiger partial charge is 0.507 e. The van der Waals surface area contributed by atoms with E-state index in [9.17, 15) is 19.5 Å². The molecule has 9 nitrogen and oxygen atoms in total. The maximum Gasteiger partial charge on any atom is 0.409 e. The van der Waals surface area contributed by atoms with Crippen molar-refractivity contribution >= 4 is 34.4 Å². The van der Waals surface area contributed by atoms with E-state index >= 15 is 0 Å². The Kier molecular flexibility index (Phi) is 5.98. The highest BCUT2D eigenvalue weighted by Crippen LogP contribution is 2.42. The van der Waals surface area contributed by atoms with Gasteiger partial charge in [-0.05, 0) is 37.5 Å². The number of aromatic nitrogens is 2. The van der Waals surface area contributed by atoms with Crippen LogP contribution < -0.4 is 0 Å². The fourth-order valence-electron chi connectivity index (χ4n) is 5.05. The van der Waals surface area contributed by atoms with Gasteiger partial charge in [-0.1, -0.05) is 24.3 Å². The molecule has 9 heteroatoms. The number of ether oxygens (including phenoxy) is 1. The summed E-state index contributed by atoms with van der Waals surface area (Å²) in [5, 5.41) is 12.1. The minimum absolute atomic E-state index is 0.0422. The number of H-pyrrole nitrogens is 1. The summed E-state index contributed by atoms with van der Waals surface area (Å²) in [4.78, 5) is 49.3. The first-order valence-corrected chi connectivity index (χ1v) is 11.7. The van der Waals surface area contributed by atoms with E-state index in [-0.39, 0.29) is 23.5 Å². The number of hydrogen-bond acceptors (Lipinski definition) is 6. The number of para-hydroxylation sites is 1. The number of carbonyl (C=O) groups is 3. The van der Waals surface area contributed by atoms with E-state index in [1.165, 1.54) is 0 Å². The van der Waals surface area contributed by atoms with Crippen LogP contribution in [0.25, 0.3) is 16.7 Å². The van der Waals surface area contributed by atoms with Crippen molar-refractivity contribution in [1.82, 2.24) is 19.8 Å². The minimum atomic E-state index is -0.781. The molecule has 0 bridgehead atoms. The molecule has 180 valence electrons. The van der Waals surface area contributed by atoms with Crippen LogP contribution in [0.15, 0.2) is 60.6 Å². The zero-order valence-corrected chi connectivity index (χ0v) is 19.3. The molecule has 2 amide bonds. The fraction of sp³-hybridized carbons (Fsp3) is 0.308. The fourth-order valence-corrected chi connectivity index (χ4v) is 5.05. The summed E-state index contributed by atoms with van der Waals surface area (Å²) >= 11 is 0. The van der Waals surface area contributed by atoms with Crippen molar-refractivity contribution in [1.29, 1.82) is 0 Å². The van der Waals surface area contributed by atoms with E-state index in [2.05, 4.69) is 9.97 Å². The van der Waals surface area contributed by atoms with E-state index in [0.29, 0.717) is 43.7 Å². The van der Waals surface area contributed by atoms with E-state index in [0.717, 1.165) is 10.9 Å². The minimum Gasteiger partial charge on any atom is -0.507 e. The van der Waals surface area contributed by atoms with Crippen LogP contribution in [0.4, 0.5) is 4.79 Å². The van der Waals surface area contributed by atoms with Crippen molar-refractivity contribution in [3.05, 3.63) is 71.7 Å². The predicted molar refractivity (Wildman–Crippen MR) is 128 cm³/mol. The highest BCUT2D eigenvalue weighted by molar-refractivity contribution is 6.46. The summed E-state index contributed by atoms with van der Waals surface area (Å²) in [5.74, 6) is -1.61. The molecule has 35 heavy (non-hydrogen) atoms. The number of aliphatic hydroxyl groups excluding tert-OH is 1. The summed E-state index contributed by atoms with van der Waals surface area (Å²) in [7, 11) is 0. The van der Waals surface area contributed by atoms with Gasteiger partial charge in [0.1, 0.15) is 5.76 Å². The number of carbonyl (C=O) groups excluding carboxylic acids is 3. The number of ketones is 1. The Morgan fingerprint density at radius 3 is 2.66 bits per heavy atom. The Bertz CT molecular complexity index is 1310. The van der Waals surface area contributed by atoms with Gasteiger partial charge in [-0.15, -0.1) is 0 Å². The number of nitrogens with zero attached hydrogens (tertiary/aromatic N) is 3. The molecular formula is C26H26N4O5. The Morgan fingerprint density at radius 1 is 1.17 bits per heavy atom. The second-order valence-corrected chi connectivity index (χ2v) is 8.66. The molecule has 2 aliphatic rings. The quantitative estimate of drug-likeness (QED) is 0.339. The van der Waals surface area contributed by atoms with Crippen LogP contribution in [0, 0.1) is 0 Å². The molecule has 2 aliphatic heterocycles. The topological polar surface area (TPSA) is 116 Å². The maximum atomic E-state index is 13.4. The molecule has 1 unspecified atom stereocenters. The van der Waals surface area contributed by atoms with E-state index < -0.39 is 17.7 Å². The second kappa shape index (κ2) is 9.25.